The lowest BCUT2D eigenvalue weighted by Crippen LogP contribution is -2.21. The smallest absolute Gasteiger partial charge is 0.240 e. The van der Waals surface area contributed by atoms with Crippen molar-refractivity contribution in [2.45, 2.75) is 32.6 Å². The van der Waals surface area contributed by atoms with Gasteiger partial charge in [-0.3, -0.25) is 4.79 Å². The molecule has 0 aromatic heterocycles. The minimum atomic E-state index is 0.0278. The van der Waals surface area contributed by atoms with Crippen molar-refractivity contribution in [3.8, 4) is 0 Å². The van der Waals surface area contributed by atoms with Gasteiger partial charge in [-0.05, 0) is 31.9 Å². The van der Waals surface area contributed by atoms with Crippen LogP contribution in [0.1, 0.15) is 31.2 Å². The lowest BCUT2D eigenvalue weighted by molar-refractivity contribution is -0.120. The number of benzene rings is 1. The number of amides is 1. The van der Waals surface area contributed by atoms with Crippen LogP contribution >= 0.6 is 0 Å². The normalized spacial score (nSPS) is 12.5. The number of nitrogens with zero attached hydrogens (tertiary/aromatic N) is 2. The lowest BCUT2D eigenvalue weighted by atomic mass is 10.1. The van der Waals surface area contributed by atoms with E-state index in [4.69, 9.17) is 10.2 Å². The Morgan fingerprint density at radius 2 is 1.61 bits per heavy atom. The van der Waals surface area contributed by atoms with Gasteiger partial charge in [0.15, 0.2) is 0 Å². The molecule has 1 saturated heterocycles. The Morgan fingerprint density at radius 3 is 2.11 bits per heavy atom. The molecule has 1 aromatic rings. The SMILES string of the molecule is Cc1c(N=C=O)cccc1N=C=O.O=C1CCCCCN1.OCCOCCO. The zero-order chi connectivity index (χ0) is 21.0. The molecule has 9 heteroatoms. The quantitative estimate of drug-likeness (QED) is 0.381. The molecule has 1 aromatic carbocycles. The van der Waals surface area contributed by atoms with Gasteiger partial charge >= 0.3 is 0 Å². The van der Waals surface area contributed by atoms with Gasteiger partial charge in [-0.2, -0.15) is 9.98 Å². The largest absolute Gasteiger partial charge is 0.394 e. The van der Waals surface area contributed by atoms with E-state index in [1.54, 1.807) is 25.1 Å². The third-order valence-electron chi connectivity index (χ3n) is 3.48. The molecule has 154 valence electrons. The first-order valence-electron chi connectivity index (χ1n) is 8.92. The van der Waals surface area contributed by atoms with E-state index >= 15 is 0 Å². The van der Waals surface area contributed by atoms with Crippen molar-refractivity contribution >= 4 is 29.4 Å². The molecule has 1 fully saturated rings. The van der Waals surface area contributed by atoms with Crippen LogP contribution in [0.2, 0.25) is 0 Å². The van der Waals surface area contributed by atoms with Crippen molar-refractivity contribution < 1.29 is 29.3 Å². The average Bonchev–Trinajstić information content (AvgIpc) is 2.94. The summed E-state index contributed by atoms with van der Waals surface area (Å²) in [5.41, 5.74) is 1.59. The number of nitrogens with one attached hydrogen (secondary N) is 1. The monoisotopic (exact) mass is 393 g/mol. The molecule has 2 rings (SSSR count). The topological polar surface area (TPSA) is 138 Å². The highest BCUT2D eigenvalue weighted by atomic mass is 16.5. The van der Waals surface area contributed by atoms with Gasteiger partial charge in [-0.15, -0.1) is 0 Å². The zero-order valence-corrected chi connectivity index (χ0v) is 16.0. The highest BCUT2D eigenvalue weighted by Crippen LogP contribution is 2.26. The summed E-state index contributed by atoms with van der Waals surface area (Å²) in [6.45, 7) is 3.30. The van der Waals surface area contributed by atoms with Gasteiger partial charge in [-0.1, -0.05) is 12.5 Å². The third-order valence-corrected chi connectivity index (χ3v) is 3.48. The van der Waals surface area contributed by atoms with Crippen molar-refractivity contribution in [2.24, 2.45) is 9.98 Å². The van der Waals surface area contributed by atoms with Gasteiger partial charge in [0.25, 0.3) is 0 Å². The van der Waals surface area contributed by atoms with E-state index in [1.807, 2.05) is 0 Å². The van der Waals surface area contributed by atoms with Gasteiger partial charge in [0.2, 0.25) is 18.1 Å². The minimum absolute atomic E-state index is 0.0278. The first-order chi connectivity index (χ1) is 13.6. The maximum absolute atomic E-state index is 10.6. The number of carbonyl (C=O) groups excluding carboxylic acids is 3. The Balaban J connectivity index is 0.000000419. The van der Waals surface area contributed by atoms with E-state index in [1.165, 1.54) is 18.6 Å². The van der Waals surface area contributed by atoms with Gasteiger partial charge in [-0.25, -0.2) is 9.59 Å². The van der Waals surface area contributed by atoms with E-state index in [-0.39, 0.29) is 19.1 Å². The molecule has 0 atom stereocenters. The van der Waals surface area contributed by atoms with Crippen molar-refractivity contribution in [1.29, 1.82) is 0 Å². The fourth-order valence-corrected chi connectivity index (χ4v) is 2.09. The lowest BCUT2D eigenvalue weighted by Gasteiger charge is -1.99. The van der Waals surface area contributed by atoms with Crippen LogP contribution in [-0.4, -0.2) is 61.3 Å². The van der Waals surface area contributed by atoms with Crippen LogP contribution in [0.3, 0.4) is 0 Å². The van der Waals surface area contributed by atoms with Gasteiger partial charge in [0.05, 0.1) is 37.8 Å². The predicted octanol–water partition coefficient (Wildman–Crippen LogP) is 1.59. The van der Waals surface area contributed by atoms with Crippen molar-refractivity contribution in [1.82, 2.24) is 5.32 Å². The fourth-order valence-electron chi connectivity index (χ4n) is 2.09. The molecule has 0 unspecified atom stereocenters. The maximum atomic E-state index is 10.6. The summed E-state index contributed by atoms with van der Waals surface area (Å²) < 4.78 is 4.63. The van der Waals surface area contributed by atoms with E-state index in [0.717, 1.165) is 25.8 Å². The van der Waals surface area contributed by atoms with E-state index in [2.05, 4.69) is 20.0 Å². The number of hydrogen-bond acceptors (Lipinski definition) is 8. The van der Waals surface area contributed by atoms with Crippen LogP contribution in [0.5, 0.6) is 0 Å². The molecular weight excluding hydrogens is 366 g/mol. The highest BCUT2D eigenvalue weighted by molar-refractivity contribution is 5.75. The van der Waals surface area contributed by atoms with Crippen LogP contribution in [0, 0.1) is 6.92 Å². The number of aliphatic hydroxyl groups is 2. The van der Waals surface area contributed by atoms with Crippen molar-refractivity contribution in [2.75, 3.05) is 33.0 Å². The summed E-state index contributed by atoms with van der Waals surface area (Å²) in [6.07, 6.45) is 7.03. The Bertz CT molecular complexity index is 617. The molecule has 1 aliphatic heterocycles. The second-order valence-electron chi connectivity index (χ2n) is 5.55. The Hall–Kier alpha value is -2.67. The summed E-state index contributed by atoms with van der Waals surface area (Å²) >= 11 is 0. The summed E-state index contributed by atoms with van der Waals surface area (Å²) in [6, 6.07) is 4.94. The average molecular weight is 393 g/mol. The standard InChI is InChI=1S/C9H6N2O2.C6H11NO.C4H10O3/c1-7-8(10-5-12)3-2-4-9(7)11-6-13;8-6-4-2-1-3-5-7-6;5-1-3-7-4-2-6/h2-4H,1H3;1-5H2,(H,7,8);5-6H,1-4H2. The van der Waals surface area contributed by atoms with Crippen LogP contribution in [0.25, 0.3) is 0 Å². The number of aliphatic hydroxyl groups excluding tert-OH is 2. The molecule has 28 heavy (non-hydrogen) atoms. The number of aliphatic imine (C=N–C) groups is 2. The molecule has 0 aliphatic carbocycles. The van der Waals surface area contributed by atoms with Crippen LogP contribution in [-0.2, 0) is 19.1 Å². The maximum Gasteiger partial charge on any atom is 0.240 e. The van der Waals surface area contributed by atoms with Gasteiger partial charge in [0.1, 0.15) is 0 Å². The van der Waals surface area contributed by atoms with Gasteiger partial charge < -0.3 is 20.3 Å². The van der Waals surface area contributed by atoms with Crippen molar-refractivity contribution in [3.05, 3.63) is 23.8 Å². The number of hydrogen-bond donors (Lipinski definition) is 3. The molecule has 3 N–H and O–H groups in total. The number of isocyanates is 2. The zero-order valence-electron chi connectivity index (χ0n) is 16.0. The van der Waals surface area contributed by atoms with Crippen LogP contribution < -0.4 is 5.32 Å². The van der Waals surface area contributed by atoms with Crippen LogP contribution in [0.4, 0.5) is 11.4 Å². The molecule has 0 bridgehead atoms. The number of rotatable bonds is 6. The summed E-state index contributed by atoms with van der Waals surface area (Å²) in [5.74, 6) is 0.225. The second kappa shape index (κ2) is 17.7. The summed E-state index contributed by atoms with van der Waals surface area (Å²) in [4.78, 5) is 37.5. The second-order valence-corrected chi connectivity index (χ2v) is 5.55. The first kappa shape index (κ1) is 25.3. The molecule has 0 spiro atoms. The molecule has 1 aliphatic rings. The summed E-state index contributed by atoms with van der Waals surface area (Å²) in [7, 11) is 0. The molecular formula is C19H27N3O6. The fraction of sp³-hybridized carbons (Fsp3) is 0.526. The summed E-state index contributed by atoms with van der Waals surface area (Å²) in [5, 5.41) is 19.0. The highest BCUT2D eigenvalue weighted by Gasteiger charge is 2.03. The van der Waals surface area contributed by atoms with Crippen LogP contribution in [0.15, 0.2) is 28.2 Å². The van der Waals surface area contributed by atoms with E-state index in [9.17, 15) is 14.4 Å². The molecule has 0 saturated carbocycles. The van der Waals surface area contributed by atoms with Crippen molar-refractivity contribution in [3.63, 3.8) is 0 Å². The number of ether oxygens (including phenoxy) is 1. The predicted molar refractivity (Wildman–Crippen MR) is 103 cm³/mol. The molecule has 0 radical (unpaired) electrons. The number of carbonyl (C=O) groups is 1. The Morgan fingerprint density at radius 1 is 1.04 bits per heavy atom. The molecule has 1 amide bonds. The van der Waals surface area contributed by atoms with E-state index < -0.39 is 0 Å². The first-order valence-corrected chi connectivity index (χ1v) is 8.92. The van der Waals surface area contributed by atoms with Gasteiger partial charge in [0, 0.05) is 18.5 Å². The molecule has 9 nitrogen and oxygen atoms in total. The minimum Gasteiger partial charge on any atom is -0.394 e. The Labute approximate surface area is 164 Å². The third kappa shape index (κ3) is 12.6. The van der Waals surface area contributed by atoms with E-state index in [0.29, 0.717) is 30.2 Å². The molecule has 1 heterocycles. The Kier molecular flexibility index (Phi) is 16.0.